The summed E-state index contributed by atoms with van der Waals surface area (Å²) in [6, 6.07) is 25.2. The number of para-hydroxylation sites is 1. The van der Waals surface area contributed by atoms with Crippen molar-refractivity contribution in [2.75, 3.05) is 0 Å². The number of benzene rings is 3. The monoisotopic (exact) mass is 298 g/mol. The van der Waals surface area contributed by atoms with E-state index in [4.69, 9.17) is 4.42 Å². The molecular formula is C22H18O. The minimum atomic E-state index is 0.934. The summed E-state index contributed by atoms with van der Waals surface area (Å²) in [6.07, 6.45) is 0. The third-order valence-corrected chi connectivity index (χ3v) is 4.40. The van der Waals surface area contributed by atoms with Crippen molar-refractivity contribution in [3.8, 4) is 22.5 Å². The van der Waals surface area contributed by atoms with Crippen LogP contribution in [0.1, 0.15) is 11.1 Å². The fraction of sp³-hybridized carbons (Fsp3) is 0.0909. The molecule has 23 heavy (non-hydrogen) atoms. The smallest absolute Gasteiger partial charge is 0.143 e. The van der Waals surface area contributed by atoms with Crippen LogP contribution in [0, 0.1) is 13.8 Å². The Morgan fingerprint density at radius 1 is 0.609 bits per heavy atom. The predicted octanol–water partition coefficient (Wildman–Crippen LogP) is 6.38. The molecular weight excluding hydrogens is 280 g/mol. The van der Waals surface area contributed by atoms with Crippen LogP contribution in [0.25, 0.3) is 33.4 Å². The Balaban J connectivity index is 2.12. The van der Waals surface area contributed by atoms with E-state index in [0.29, 0.717) is 0 Å². The molecule has 0 aliphatic carbocycles. The van der Waals surface area contributed by atoms with Crippen LogP contribution in [0.4, 0.5) is 0 Å². The Labute approximate surface area is 136 Å². The Morgan fingerprint density at radius 2 is 1.17 bits per heavy atom. The van der Waals surface area contributed by atoms with Gasteiger partial charge in [0.25, 0.3) is 0 Å². The van der Waals surface area contributed by atoms with Crippen molar-refractivity contribution < 1.29 is 4.42 Å². The molecule has 0 radical (unpaired) electrons. The van der Waals surface area contributed by atoms with Crippen LogP contribution in [0.5, 0.6) is 0 Å². The number of furan rings is 1. The molecule has 0 fully saturated rings. The van der Waals surface area contributed by atoms with E-state index in [1.165, 1.54) is 27.6 Å². The number of rotatable bonds is 2. The van der Waals surface area contributed by atoms with Gasteiger partial charge in [0.15, 0.2) is 0 Å². The molecule has 0 spiro atoms. The van der Waals surface area contributed by atoms with Crippen molar-refractivity contribution in [3.05, 3.63) is 83.9 Å². The maximum Gasteiger partial charge on any atom is 0.143 e. The standard InChI is InChI=1S/C22H18O/c1-15-9-3-5-11-17(15)21-19-13-7-8-14-20(19)23-22(21)18-12-6-4-10-16(18)2/h3-14H,1-2H3. The molecule has 3 aromatic carbocycles. The highest BCUT2D eigenvalue weighted by molar-refractivity contribution is 6.02. The van der Waals surface area contributed by atoms with E-state index in [1.807, 2.05) is 12.1 Å². The van der Waals surface area contributed by atoms with E-state index in [2.05, 4.69) is 74.5 Å². The first kappa shape index (κ1) is 13.8. The lowest BCUT2D eigenvalue weighted by atomic mass is 9.94. The molecule has 0 N–H and O–H groups in total. The van der Waals surface area contributed by atoms with Gasteiger partial charge in [0.1, 0.15) is 11.3 Å². The molecule has 1 nitrogen and oxygen atoms in total. The highest BCUT2D eigenvalue weighted by Crippen LogP contribution is 2.42. The normalized spacial score (nSPS) is 11.0. The Hall–Kier alpha value is -2.80. The zero-order chi connectivity index (χ0) is 15.8. The molecule has 1 heterocycles. The molecule has 4 aromatic rings. The second kappa shape index (κ2) is 5.44. The summed E-state index contributed by atoms with van der Waals surface area (Å²) >= 11 is 0. The number of aryl methyl sites for hydroxylation is 2. The Morgan fingerprint density at radius 3 is 1.87 bits per heavy atom. The Kier molecular flexibility index (Phi) is 3.27. The molecule has 0 unspecified atom stereocenters. The Bertz CT molecular complexity index is 992. The van der Waals surface area contributed by atoms with Gasteiger partial charge in [-0.2, -0.15) is 0 Å². The molecule has 0 atom stereocenters. The second-order valence-electron chi connectivity index (χ2n) is 5.93. The third-order valence-electron chi connectivity index (χ3n) is 4.40. The molecule has 4 rings (SSSR count). The molecule has 0 amide bonds. The van der Waals surface area contributed by atoms with Crippen molar-refractivity contribution in [3.63, 3.8) is 0 Å². The quantitative estimate of drug-likeness (QED) is 0.418. The van der Waals surface area contributed by atoms with E-state index in [-0.39, 0.29) is 0 Å². The van der Waals surface area contributed by atoms with Crippen LogP contribution in [-0.4, -0.2) is 0 Å². The number of hydrogen-bond acceptors (Lipinski definition) is 1. The van der Waals surface area contributed by atoms with Crippen LogP contribution in [0.15, 0.2) is 77.2 Å². The average Bonchev–Trinajstić information content (AvgIpc) is 2.95. The van der Waals surface area contributed by atoms with Gasteiger partial charge >= 0.3 is 0 Å². The first-order valence-electron chi connectivity index (χ1n) is 7.89. The molecule has 112 valence electrons. The van der Waals surface area contributed by atoms with Gasteiger partial charge in [-0.15, -0.1) is 0 Å². The van der Waals surface area contributed by atoms with Gasteiger partial charge in [-0.25, -0.2) is 0 Å². The van der Waals surface area contributed by atoms with Gasteiger partial charge in [-0.1, -0.05) is 66.7 Å². The van der Waals surface area contributed by atoms with Crippen LogP contribution < -0.4 is 0 Å². The summed E-state index contributed by atoms with van der Waals surface area (Å²) in [5, 5.41) is 1.17. The van der Waals surface area contributed by atoms with Crippen molar-refractivity contribution in [2.24, 2.45) is 0 Å². The van der Waals surface area contributed by atoms with Crippen molar-refractivity contribution in [1.82, 2.24) is 0 Å². The van der Waals surface area contributed by atoms with Crippen LogP contribution in [0.2, 0.25) is 0 Å². The molecule has 0 bridgehead atoms. The maximum atomic E-state index is 6.28. The van der Waals surface area contributed by atoms with Crippen LogP contribution in [0.3, 0.4) is 0 Å². The summed E-state index contributed by atoms with van der Waals surface area (Å²) in [4.78, 5) is 0. The minimum absolute atomic E-state index is 0.934. The van der Waals surface area contributed by atoms with Gasteiger partial charge in [-0.3, -0.25) is 0 Å². The molecule has 0 saturated heterocycles. The van der Waals surface area contributed by atoms with E-state index in [0.717, 1.165) is 16.9 Å². The summed E-state index contributed by atoms with van der Waals surface area (Å²) in [5.41, 5.74) is 6.99. The fourth-order valence-corrected chi connectivity index (χ4v) is 3.18. The SMILES string of the molecule is Cc1ccccc1-c1oc2ccccc2c1-c1ccccc1C. The molecule has 1 heteroatoms. The summed E-state index contributed by atoms with van der Waals surface area (Å²) < 4.78 is 6.28. The average molecular weight is 298 g/mol. The predicted molar refractivity (Wildman–Crippen MR) is 96.6 cm³/mol. The fourth-order valence-electron chi connectivity index (χ4n) is 3.18. The highest BCUT2D eigenvalue weighted by atomic mass is 16.3. The molecule has 0 aliphatic rings. The largest absolute Gasteiger partial charge is 0.455 e. The first-order chi connectivity index (χ1) is 11.3. The molecule has 1 aromatic heterocycles. The summed E-state index contributed by atoms with van der Waals surface area (Å²) in [7, 11) is 0. The zero-order valence-corrected chi connectivity index (χ0v) is 13.3. The highest BCUT2D eigenvalue weighted by Gasteiger charge is 2.19. The zero-order valence-electron chi connectivity index (χ0n) is 13.3. The minimum Gasteiger partial charge on any atom is -0.455 e. The van der Waals surface area contributed by atoms with Crippen LogP contribution >= 0.6 is 0 Å². The lowest BCUT2D eigenvalue weighted by molar-refractivity contribution is 0.632. The van der Waals surface area contributed by atoms with E-state index in [1.54, 1.807) is 0 Å². The number of fused-ring (bicyclic) bond motifs is 1. The topological polar surface area (TPSA) is 13.1 Å². The van der Waals surface area contributed by atoms with Gasteiger partial charge < -0.3 is 4.42 Å². The van der Waals surface area contributed by atoms with E-state index in [9.17, 15) is 0 Å². The van der Waals surface area contributed by atoms with Crippen molar-refractivity contribution >= 4 is 11.0 Å². The second-order valence-corrected chi connectivity index (χ2v) is 5.93. The van der Waals surface area contributed by atoms with Gasteiger partial charge in [-0.05, 0) is 36.6 Å². The van der Waals surface area contributed by atoms with Crippen molar-refractivity contribution in [1.29, 1.82) is 0 Å². The van der Waals surface area contributed by atoms with Crippen LogP contribution in [-0.2, 0) is 0 Å². The van der Waals surface area contributed by atoms with Gasteiger partial charge in [0.2, 0.25) is 0 Å². The summed E-state index contributed by atoms with van der Waals surface area (Å²) in [5.74, 6) is 0.957. The van der Waals surface area contributed by atoms with Crippen molar-refractivity contribution in [2.45, 2.75) is 13.8 Å². The third kappa shape index (κ3) is 2.25. The summed E-state index contributed by atoms with van der Waals surface area (Å²) in [6.45, 7) is 4.28. The van der Waals surface area contributed by atoms with Gasteiger partial charge in [0, 0.05) is 16.5 Å². The maximum absolute atomic E-state index is 6.28. The lowest BCUT2D eigenvalue weighted by Gasteiger charge is -2.09. The molecule has 0 saturated carbocycles. The number of hydrogen-bond donors (Lipinski definition) is 0. The van der Waals surface area contributed by atoms with E-state index >= 15 is 0 Å². The van der Waals surface area contributed by atoms with E-state index < -0.39 is 0 Å². The molecule has 0 aliphatic heterocycles. The first-order valence-corrected chi connectivity index (χ1v) is 7.89. The lowest BCUT2D eigenvalue weighted by Crippen LogP contribution is -1.86. The van der Waals surface area contributed by atoms with Gasteiger partial charge in [0.05, 0.1) is 0 Å².